The van der Waals surface area contributed by atoms with Gasteiger partial charge in [0.15, 0.2) is 0 Å². The molecular formula is C13H22N4O2. The van der Waals surface area contributed by atoms with E-state index in [0.717, 1.165) is 39.0 Å². The second-order valence-corrected chi connectivity index (χ2v) is 6.23. The summed E-state index contributed by atoms with van der Waals surface area (Å²) in [6, 6.07) is 0.600. The minimum Gasteiger partial charge on any atom is -0.381 e. The molecule has 1 spiro atoms. The number of carbonyl (C=O) groups excluding carboxylic acids is 1. The van der Waals surface area contributed by atoms with Gasteiger partial charge < -0.3 is 15.0 Å². The van der Waals surface area contributed by atoms with Gasteiger partial charge in [-0.05, 0) is 37.5 Å². The lowest BCUT2D eigenvalue weighted by Crippen LogP contribution is -2.56. The van der Waals surface area contributed by atoms with Crippen LogP contribution >= 0.6 is 0 Å². The summed E-state index contributed by atoms with van der Waals surface area (Å²) in [6.07, 6.45) is 5.65. The van der Waals surface area contributed by atoms with E-state index in [2.05, 4.69) is 10.4 Å². The van der Waals surface area contributed by atoms with E-state index in [4.69, 9.17) is 10.3 Å². The highest BCUT2D eigenvalue weighted by Gasteiger charge is 2.43. The normalized spacial score (nSPS) is 30.3. The molecule has 2 heterocycles. The number of nitrogens with zero attached hydrogens (tertiary/aromatic N) is 2. The molecule has 3 rings (SSSR count). The highest BCUT2D eigenvalue weighted by molar-refractivity contribution is 5.74. The molecule has 2 amide bonds. The van der Waals surface area contributed by atoms with E-state index in [0.29, 0.717) is 18.6 Å². The molecule has 0 aromatic rings. The largest absolute Gasteiger partial charge is 0.381 e. The molecule has 1 aliphatic carbocycles. The molecule has 1 saturated carbocycles. The summed E-state index contributed by atoms with van der Waals surface area (Å²) in [5.41, 5.74) is 7.13. The Balaban J connectivity index is 1.71. The van der Waals surface area contributed by atoms with E-state index >= 15 is 0 Å². The fourth-order valence-electron chi connectivity index (χ4n) is 3.47. The maximum absolute atomic E-state index is 11.8. The van der Waals surface area contributed by atoms with Crippen LogP contribution in [0.15, 0.2) is 5.11 Å². The summed E-state index contributed by atoms with van der Waals surface area (Å²) < 4.78 is 5.46. The van der Waals surface area contributed by atoms with Gasteiger partial charge in [0.1, 0.15) is 0 Å². The van der Waals surface area contributed by atoms with E-state index in [1.807, 2.05) is 0 Å². The first kappa shape index (κ1) is 13.0. The molecule has 2 aliphatic heterocycles. The summed E-state index contributed by atoms with van der Waals surface area (Å²) >= 11 is 0. The summed E-state index contributed by atoms with van der Waals surface area (Å²) in [4.78, 5) is 13.5. The molecule has 0 radical (unpaired) electrons. The van der Waals surface area contributed by atoms with Gasteiger partial charge in [0.05, 0.1) is 0 Å². The SMILES string of the molecule is N=NC(=O)N1CC(NC2CC2)CC2(CCOCC2)C1. The lowest BCUT2D eigenvalue weighted by atomic mass is 9.72. The average molecular weight is 266 g/mol. The molecule has 3 fully saturated rings. The first-order valence-corrected chi connectivity index (χ1v) is 7.21. The summed E-state index contributed by atoms with van der Waals surface area (Å²) in [5.74, 6) is 0. The van der Waals surface area contributed by atoms with Gasteiger partial charge >= 0.3 is 6.03 Å². The predicted octanol–water partition coefficient (Wildman–Crippen LogP) is 1.76. The van der Waals surface area contributed by atoms with Crippen LogP contribution in [0, 0.1) is 10.9 Å². The van der Waals surface area contributed by atoms with Crippen LogP contribution in [0.4, 0.5) is 4.79 Å². The number of rotatable bonds is 2. The van der Waals surface area contributed by atoms with Gasteiger partial charge in [0, 0.05) is 38.4 Å². The van der Waals surface area contributed by atoms with Crippen LogP contribution in [0.25, 0.3) is 0 Å². The number of urea groups is 1. The smallest absolute Gasteiger partial charge is 0.361 e. The zero-order chi connectivity index (χ0) is 13.3. The molecule has 106 valence electrons. The summed E-state index contributed by atoms with van der Waals surface area (Å²) in [7, 11) is 0. The maximum Gasteiger partial charge on any atom is 0.361 e. The lowest BCUT2D eigenvalue weighted by molar-refractivity contribution is -0.0267. The number of amides is 2. The molecule has 19 heavy (non-hydrogen) atoms. The van der Waals surface area contributed by atoms with E-state index in [1.165, 1.54) is 12.8 Å². The van der Waals surface area contributed by atoms with Gasteiger partial charge in [-0.2, -0.15) is 5.53 Å². The van der Waals surface area contributed by atoms with Crippen LogP contribution in [-0.4, -0.2) is 49.3 Å². The van der Waals surface area contributed by atoms with Crippen LogP contribution in [0.1, 0.15) is 32.1 Å². The Hall–Kier alpha value is -1.01. The Morgan fingerprint density at radius 3 is 2.68 bits per heavy atom. The predicted molar refractivity (Wildman–Crippen MR) is 69.2 cm³/mol. The fraction of sp³-hybridized carbons (Fsp3) is 0.923. The second kappa shape index (κ2) is 5.17. The molecule has 2 N–H and O–H groups in total. The minimum absolute atomic E-state index is 0.170. The van der Waals surface area contributed by atoms with Crippen LogP contribution in [0.5, 0.6) is 0 Å². The van der Waals surface area contributed by atoms with Gasteiger partial charge in [-0.25, -0.2) is 4.79 Å². The Morgan fingerprint density at radius 1 is 1.32 bits per heavy atom. The molecule has 0 aromatic heterocycles. The van der Waals surface area contributed by atoms with Crippen molar-refractivity contribution >= 4 is 6.03 Å². The molecule has 6 nitrogen and oxygen atoms in total. The number of carbonyl (C=O) groups is 1. The van der Waals surface area contributed by atoms with Crippen molar-refractivity contribution in [2.24, 2.45) is 10.5 Å². The quantitative estimate of drug-likeness (QED) is 0.748. The van der Waals surface area contributed by atoms with Gasteiger partial charge in [0.2, 0.25) is 0 Å². The Bertz CT molecular complexity index is 364. The van der Waals surface area contributed by atoms with E-state index in [9.17, 15) is 4.79 Å². The van der Waals surface area contributed by atoms with Crippen LogP contribution in [-0.2, 0) is 4.74 Å². The molecule has 0 aromatic carbocycles. The van der Waals surface area contributed by atoms with Crippen LogP contribution in [0.3, 0.4) is 0 Å². The molecule has 3 aliphatic rings. The van der Waals surface area contributed by atoms with Gasteiger partial charge in [-0.3, -0.25) is 0 Å². The maximum atomic E-state index is 11.8. The molecular weight excluding hydrogens is 244 g/mol. The highest BCUT2D eigenvalue weighted by atomic mass is 16.5. The van der Waals surface area contributed by atoms with E-state index in [1.54, 1.807) is 4.90 Å². The average Bonchev–Trinajstić information content (AvgIpc) is 3.22. The van der Waals surface area contributed by atoms with Crippen molar-refractivity contribution in [3.63, 3.8) is 0 Å². The zero-order valence-electron chi connectivity index (χ0n) is 11.2. The zero-order valence-corrected chi connectivity index (χ0v) is 11.2. The summed E-state index contributed by atoms with van der Waals surface area (Å²) in [6.45, 7) is 3.01. The number of hydrogen-bond donors (Lipinski definition) is 2. The van der Waals surface area contributed by atoms with E-state index in [-0.39, 0.29) is 5.41 Å². The van der Waals surface area contributed by atoms with Crippen LogP contribution in [0.2, 0.25) is 0 Å². The van der Waals surface area contributed by atoms with Crippen LogP contribution < -0.4 is 5.32 Å². The Labute approximate surface area is 113 Å². The van der Waals surface area contributed by atoms with Crippen molar-refractivity contribution in [2.45, 2.75) is 44.2 Å². The number of nitrogens with one attached hydrogen (secondary N) is 2. The third-order valence-electron chi connectivity index (χ3n) is 4.61. The third kappa shape index (κ3) is 2.95. The molecule has 6 heteroatoms. The van der Waals surface area contributed by atoms with Crippen molar-refractivity contribution in [3.8, 4) is 0 Å². The standard InChI is InChI=1S/C13H22N4O2/c14-16-12(18)17-8-11(15-10-1-2-10)7-13(9-17)3-5-19-6-4-13/h10-11,14-15H,1-9H2. The first-order valence-electron chi connectivity index (χ1n) is 7.21. The molecule has 2 saturated heterocycles. The van der Waals surface area contributed by atoms with Gasteiger partial charge in [0.25, 0.3) is 0 Å². The highest BCUT2D eigenvalue weighted by Crippen LogP contribution is 2.40. The van der Waals surface area contributed by atoms with Crippen molar-refractivity contribution < 1.29 is 9.53 Å². The Morgan fingerprint density at radius 2 is 2.05 bits per heavy atom. The molecule has 0 bridgehead atoms. The monoisotopic (exact) mass is 266 g/mol. The molecule has 1 atom stereocenters. The number of hydrogen-bond acceptors (Lipinski definition) is 4. The lowest BCUT2D eigenvalue weighted by Gasteiger charge is -2.47. The first-order chi connectivity index (χ1) is 9.21. The Kier molecular flexibility index (Phi) is 3.54. The fourth-order valence-corrected chi connectivity index (χ4v) is 3.47. The third-order valence-corrected chi connectivity index (χ3v) is 4.61. The summed E-state index contributed by atoms with van der Waals surface area (Å²) in [5, 5.41) is 6.73. The molecule has 1 unspecified atom stereocenters. The van der Waals surface area contributed by atoms with E-state index < -0.39 is 6.03 Å². The van der Waals surface area contributed by atoms with Crippen molar-refractivity contribution in [3.05, 3.63) is 0 Å². The number of piperidine rings is 1. The van der Waals surface area contributed by atoms with Crippen molar-refractivity contribution in [1.82, 2.24) is 10.2 Å². The van der Waals surface area contributed by atoms with Crippen molar-refractivity contribution in [1.29, 1.82) is 5.53 Å². The number of ether oxygens (including phenoxy) is 1. The minimum atomic E-state index is -0.395. The van der Waals surface area contributed by atoms with Gasteiger partial charge in [-0.1, -0.05) is 5.11 Å². The van der Waals surface area contributed by atoms with Gasteiger partial charge in [-0.15, -0.1) is 0 Å². The topological polar surface area (TPSA) is 77.8 Å². The van der Waals surface area contributed by atoms with Crippen molar-refractivity contribution in [2.75, 3.05) is 26.3 Å². The number of likely N-dealkylation sites (tertiary alicyclic amines) is 1. The second-order valence-electron chi connectivity index (χ2n) is 6.23.